The summed E-state index contributed by atoms with van der Waals surface area (Å²) < 4.78 is 0. The van der Waals surface area contributed by atoms with Crippen molar-refractivity contribution in [2.45, 2.75) is 12.8 Å². The van der Waals surface area contributed by atoms with Crippen LogP contribution >= 0.6 is 27.5 Å². The van der Waals surface area contributed by atoms with E-state index in [1.54, 1.807) is 6.07 Å². The van der Waals surface area contributed by atoms with Gasteiger partial charge < -0.3 is 0 Å². The molecule has 1 unspecified atom stereocenters. The van der Waals surface area contributed by atoms with Crippen LogP contribution in [0.5, 0.6) is 0 Å². The summed E-state index contributed by atoms with van der Waals surface area (Å²) >= 11 is 9.08. The average Bonchev–Trinajstić information content (AvgIpc) is 2.16. The van der Waals surface area contributed by atoms with Crippen LogP contribution in [0.1, 0.15) is 18.4 Å². The molecule has 0 saturated heterocycles. The van der Waals surface area contributed by atoms with Gasteiger partial charge >= 0.3 is 0 Å². The van der Waals surface area contributed by atoms with E-state index in [2.05, 4.69) is 15.9 Å². The molecule has 0 saturated carbocycles. The molecule has 0 aliphatic rings. The van der Waals surface area contributed by atoms with Crippen LogP contribution in [0.3, 0.4) is 0 Å². The summed E-state index contributed by atoms with van der Waals surface area (Å²) in [5, 5.41) is 11.9. The maximum atomic E-state index is 10.7. The van der Waals surface area contributed by atoms with Gasteiger partial charge in [0.05, 0.1) is 4.92 Å². The third-order valence-electron chi connectivity index (χ3n) is 1.95. The summed E-state index contributed by atoms with van der Waals surface area (Å²) in [6.07, 6.45) is 0. The Labute approximate surface area is 95.4 Å². The van der Waals surface area contributed by atoms with E-state index in [0.29, 0.717) is 15.9 Å². The number of nitro benzene ring substituents is 1. The number of alkyl halides is 1. The van der Waals surface area contributed by atoms with Crippen LogP contribution in [0, 0.1) is 10.1 Å². The molecule has 0 fully saturated rings. The van der Waals surface area contributed by atoms with Gasteiger partial charge in [-0.1, -0.05) is 34.5 Å². The van der Waals surface area contributed by atoms with Crippen molar-refractivity contribution in [2.75, 3.05) is 5.33 Å². The summed E-state index contributed by atoms with van der Waals surface area (Å²) in [6.45, 7) is 1.91. The first-order valence-corrected chi connectivity index (χ1v) is 5.56. The van der Waals surface area contributed by atoms with Gasteiger partial charge in [-0.3, -0.25) is 10.1 Å². The number of nitrogens with zero attached hydrogens (tertiary/aromatic N) is 1. The Bertz CT molecular complexity index is 357. The summed E-state index contributed by atoms with van der Waals surface area (Å²) in [4.78, 5) is 10.3. The highest BCUT2D eigenvalue weighted by molar-refractivity contribution is 9.09. The molecule has 14 heavy (non-hydrogen) atoms. The molecule has 0 amide bonds. The summed E-state index contributed by atoms with van der Waals surface area (Å²) in [5.74, 6) is 0.0779. The molecule has 0 aliphatic carbocycles. The first-order valence-electron chi connectivity index (χ1n) is 4.06. The van der Waals surface area contributed by atoms with Crippen molar-refractivity contribution >= 4 is 33.2 Å². The molecule has 1 rings (SSSR count). The van der Waals surface area contributed by atoms with Gasteiger partial charge in [0.2, 0.25) is 0 Å². The maximum Gasteiger partial charge on any atom is 0.272 e. The Morgan fingerprint density at radius 2 is 2.29 bits per heavy atom. The molecule has 1 aromatic rings. The van der Waals surface area contributed by atoms with Crippen LogP contribution in [0.2, 0.25) is 5.02 Å². The normalized spacial score (nSPS) is 12.5. The van der Waals surface area contributed by atoms with E-state index in [0.717, 1.165) is 0 Å². The van der Waals surface area contributed by atoms with Gasteiger partial charge in [0.15, 0.2) is 0 Å². The molecule has 0 spiro atoms. The van der Waals surface area contributed by atoms with Crippen molar-refractivity contribution in [1.82, 2.24) is 0 Å². The van der Waals surface area contributed by atoms with Crippen molar-refractivity contribution in [3.63, 3.8) is 0 Å². The lowest BCUT2D eigenvalue weighted by Crippen LogP contribution is -2.00. The average molecular weight is 279 g/mol. The van der Waals surface area contributed by atoms with Crippen LogP contribution in [-0.4, -0.2) is 10.3 Å². The number of benzene rings is 1. The zero-order valence-electron chi connectivity index (χ0n) is 7.54. The predicted molar refractivity (Wildman–Crippen MR) is 60.3 cm³/mol. The van der Waals surface area contributed by atoms with Gasteiger partial charge in [-0.05, 0) is 18.1 Å². The minimum absolute atomic E-state index is 0.0779. The van der Waals surface area contributed by atoms with Crippen molar-refractivity contribution in [2.24, 2.45) is 0 Å². The van der Waals surface area contributed by atoms with Gasteiger partial charge in [-0.15, -0.1) is 0 Å². The fraction of sp³-hybridized carbons (Fsp3) is 0.333. The second kappa shape index (κ2) is 4.75. The Morgan fingerprint density at radius 3 is 2.79 bits per heavy atom. The number of halogens is 2. The van der Waals surface area contributed by atoms with Crippen molar-refractivity contribution in [3.8, 4) is 0 Å². The Hall–Kier alpha value is -0.610. The summed E-state index contributed by atoms with van der Waals surface area (Å²) in [6, 6.07) is 4.62. The molecule has 0 aromatic heterocycles. The highest BCUT2D eigenvalue weighted by Crippen LogP contribution is 2.30. The van der Waals surface area contributed by atoms with Crippen molar-refractivity contribution in [1.29, 1.82) is 0 Å². The number of nitro groups is 1. The zero-order valence-corrected chi connectivity index (χ0v) is 9.88. The molecule has 5 heteroatoms. The van der Waals surface area contributed by atoms with Crippen molar-refractivity contribution < 1.29 is 4.92 Å². The second-order valence-electron chi connectivity index (χ2n) is 3.02. The Kier molecular flexibility index (Phi) is 3.89. The maximum absolute atomic E-state index is 10.7. The predicted octanol–water partition coefficient (Wildman–Crippen LogP) is 3.75. The molecule has 76 valence electrons. The molecule has 0 aliphatic heterocycles. The van der Waals surface area contributed by atoms with Gasteiger partial charge in [-0.25, -0.2) is 0 Å². The molecular weight excluding hydrogens is 269 g/mol. The highest BCUT2D eigenvalue weighted by Gasteiger charge is 2.18. The molecule has 1 atom stereocenters. The van der Waals surface area contributed by atoms with Gasteiger partial charge in [-0.2, -0.15) is 0 Å². The van der Waals surface area contributed by atoms with Gasteiger partial charge in [0.25, 0.3) is 5.69 Å². The van der Waals surface area contributed by atoms with E-state index in [1.165, 1.54) is 12.1 Å². The highest BCUT2D eigenvalue weighted by atomic mass is 79.9. The smallest absolute Gasteiger partial charge is 0.258 e. The first-order chi connectivity index (χ1) is 6.56. The Balaban J connectivity index is 3.22. The Morgan fingerprint density at radius 1 is 1.64 bits per heavy atom. The largest absolute Gasteiger partial charge is 0.272 e. The van der Waals surface area contributed by atoms with E-state index in [9.17, 15) is 10.1 Å². The summed E-state index contributed by atoms with van der Waals surface area (Å²) in [5.41, 5.74) is 0.792. The second-order valence-corrected chi connectivity index (χ2v) is 4.10. The third kappa shape index (κ3) is 2.45. The summed E-state index contributed by atoms with van der Waals surface area (Å²) in [7, 11) is 0. The molecule has 0 heterocycles. The van der Waals surface area contributed by atoms with Crippen molar-refractivity contribution in [3.05, 3.63) is 38.9 Å². The quantitative estimate of drug-likeness (QED) is 0.480. The van der Waals surface area contributed by atoms with Crippen LogP contribution in [0.25, 0.3) is 0 Å². The van der Waals surface area contributed by atoms with Crippen LogP contribution < -0.4 is 0 Å². The number of rotatable bonds is 3. The van der Waals surface area contributed by atoms with Crippen LogP contribution in [-0.2, 0) is 0 Å². The molecule has 0 N–H and O–H groups in total. The monoisotopic (exact) mass is 277 g/mol. The molecule has 0 radical (unpaired) electrons. The number of hydrogen-bond donors (Lipinski definition) is 0. The zero-order chi connectivity index (χ0) is 10.7. The topological polar surface area (TPSA) is 43.1 Å². The first kappa shape index (κ1) is 11.5. The lowest BCUT2D eigenvalue weighted by Gasteiger charge is -2.08. The third-order valence-corrected chi connectivity index (χ3v) is 3.15. The minimum Gasteiger partial charge on any atom is -0.258 e. The molecular formula is C9H9BrClNO2. The van der Waals surface area contributed by atoms with Crippen LogP contribution in [0.4, 0.5) is 5.69 Å². The van der Waals surface area contributed by atoms with Gasteiger partial charge in [0.1, 0.15) is 0 Å². The standard InChI is InChI=1S/C9H9BrClNO2/c1-6(5-10)8-4-7(11)2-3-9(8)12(13)14/h2-4,6H,5H2,1H3. The van der Waals surface area contributed by atoms with Gasteiger partial charge in [0, 0.05) is 22.0 Å². The van der Waals surface area contributed by atoms with E-state index in [-0.39, 0.29) is 16.5 Å². The van der Waals surface area contributed by atoms with E-state index >= 15 is 0 Å². The van der Waals surface area contributed by atoms with E-state index in [4.69, 9.17) is 11.6 Å². The van der Waals surface area contributed by atoms with Crippen LogP contribution in [0.15, 0.2) is 18.2 Å². The molecule has 1 aromatic carbocycles. The number of hydrogen-bond acceptors (Lipinski definition) is 2. The lowest BCUT2D eigenvalue weighted by atomic mass is 10.0. The molecule has 3 nitrogen and oxygen atoms in total. The van der Waals surface area contributed by atoms with E-state index < -0.39 is 0 Å². The minimum atomic E-state index is -0.384. The molecule has 0 bridgehead atoms. The SMILES string of the molecule is CC(CBr)c1cc(Cl)ccc1[N+](=O)[O-]. The fourth-order valence-electron chi connectivity index (χ4n) is 1.17. The lowest BCUT2D eigenvalue weighted by molar-refractivity contribution is -0.385. The van der Waals surface area contributed by atoms with E-state index in [1.807, 2.05) is 6.92 Å². The fourth-order valence-corrected chi connectivity index (χ4v) is 1.70.